The van der Waals surface area contributed by atoms with Crippen LogP contribution >= 0.6 is 7.60 Å². The zero-order valence-electron chi connectivity index (χ0n) is 9.97. The van der Waals surface area contributed by atoms with Crippen LogP contribution < -0.4 is 0 Å². The highest BCUT2D eigenvalue weighted by Gasteiger charge is 2.12. The molecular formula is C11H23O4P. The molecule has 0 aliphatic carbocycles. The Bertz CT molecular complexity index is 228. The molecule has 0 aliphatic heterocycles. The molecule has 0 aromatic rings. The third kappa shape index (κ3) is 10.4. The van der Waals surface area contributed by atoms with Gasteiger partial charge >= 0.3 is 7.60 Å². The quantitative estimate of drug-likeness (QED) is 0.262. The van der Waals surface area contributed by atoms with Gasteiger partial charge in [0.05, 0.1) is 0 Å². The standard InChI is InChI=1S/C11H23O4P/c1-2-3-4-5-6-7-8-9-10-11-16(13,14)15-12/h10-12H,2-9H2,1H3,(H,13,14). The summed E-state index contributed by atoms with van der Waals surface area (Å²) in [6, 6.07) is 0. The van der Waals surface area contributed by atoms with Crippen LogP contribution in [0.25, 0.3) is 0 Å². The highest BCUT2D eigenvalue weighted by atomic mass is 31.2. The lowest BCUT2D eigenvalue weighted by Gasteiger charge is -2.00. The molecule has 0 heterocycles. The fourth-order valence-electron chi connectivity index (χ4n) is 1.45. The summed E-state index contributed by atoms with van der Waals surface area (Å²) >= 11 is 0. The van der Waals surface area contributed by atoms with Gasteiger partial charge in [0.15, 0.2) is 0 Å². The first-order valence-corrected chi connectivity index (χ1v) is 7.60. The molecule has 16 heavy (non-hydrogen) atoms. The molecule has 0 aromatic carbocycles. The van der Waals surface area contributed by atoms with Gasteiger partial charge in [-0.25, -0.2) is 5.26 Å². The van der Waals surface area contributed by atoms with E-state index in [0.29, 0.717) is 0 Å². The molecule has 0 fully saturated rings. The second-order valence-electron chi connectivity index (χ2n) is 3.94. The summed E-state index contributed by atoms with van der Waals surface area (Å²) in [7, 11) is -3.87. The topological polar surface area (TPSA) is 66.8 Å². The van der Waals surface area contributed by atoms with Gasteiger partial charge in [-0.3, -0.25) is 4.57 Å². The summed E-state index contributed by atoms with van der Waals surface area (Å²) in [5.74, 6) is 1.03. The van der Waals surface area contributed by atoms with Crippen LogP contribution in [-0.2, 0) is 9.24 Å². The molecule has 0 saturated carbocycles. The third-order valence-corrected chi connectivity index (χ3v) is 3.21. The summed E-state index contributed by atoms with van der Waals surface area (Å²) in [6.45, 7) is 2.20. The maximum atomic E-state index is 10.8. The van der Waals surface area contributed by atoms with E-state index in [1.807, 2.05) is 0 Å². The van der Waals surface area contributed by atoms with Crippen LogP contribution in [0, 0.1) is 0 Å². The molecule has 0 rings (SSSR count). The van der Waals surface area contributed by atoms with E-state index < -0.39 is 7.60 Å². The van der Waals surface area contributed by atoms with Crippen molar-refractivity contribution in [3.05, 3.63) is 11.9 Å². The molecule has 5 heteroatoms. The van der Waals surface area contributed by atoms with Crippen LogP contribution in [0.1, 0.15) is 58.3 Å². The Morgan fingerprint density at radius 2 is 1.69 bits per heavy atom. The molecule has 2 N–H and O–H groups in total. The van der Waals surface area contributed by atoms with Crippen molar-refractivity contribution >= 4 is 7.60 Å². The average Bonchev–Trinajstić information content (AvgIpc) is 2.27. The largest absolute Gasteiger partial charge is 0.378 e. The van der Waals surface area contributed by atoms with Gasteiger partial charge in [-0.05, 0) is 12.8 Å². The van der Waals surface area contributed by atoms with E-state index in [1.165, 1.54) is 32.1 Å². The average molecular weight is 250 g/mol. The molecular weight excluding hydrogens is 227 g/mol. The molecule has 0 aliphatic rings. The molecule has 4 nitrogen and oxygen atoms in total. The molecule has 0 saturated heterocycles. The van der Waals surface area contributed by atoms with Crippen LogP contribution in [0.3, 0.4) is 0 Å². The smallest absolute Gasteiger partial charge is 0.320 e. The van der Waals surface area contributed by atoms with Gasteiger partial charge in [0.2, 0.25) is 0 Å². The van der Waals surface area contributed by atoms with Crippen molar-refractivity contribution in [3.8, 4) is 0 Å². The van der Waals surface area contributed by atoms with Crippen molar-refractivity contribution < 1.29 is 19.4 Å². The van der Waals surface area contributed by atoms with Crippen molar-refractivity contribution in [2.45, 2.75) is 58.3 Å². The van der Waals surface area contributed by atoms with Crippen molar-refractivity contribution in [1.29, 1.82) is 0 Å². The van der Waals surface area contributed by atoms with Crippen molar-refractivity contribution in [1.82, 2.24) is 0 Å². The van der Waals surface area contributed by atoms with Crippen molar-refractivity contribution in [2.75, 3.05) is 0 Å². The minimum Gasteiger partial charge on any atom is -0.320 e. The number of hydrogen-bond donors (Lipinski definition) is 2. The minimum absolute atomic E-state index is 0.752. The monoisotopic (exact) mass is 250 g/mol. The van der Waals surface area contributed by atoms with E-state index in [1.54, 1.807) is 6.08 Å². The molecule has 0 amide bonds. The lowest BCUT2D eigenvalue weighted by atomic mass is 10.1. The first kappa shape index (κ1) is 15.9. The Hall–Kier alpha value is -0.150. The van der Waals surface area contributed by atoms with E-state index in [2.05, 4.69) is 11.6 Å². The summed E-state index contributed by atoms with van der Waals surface area (Å²) in [4.78, 5) is 8.82. The third-order valence-electron chi connectivity index (χ3n) is 2.39. The van der Waals surface area contributed by atoms with E-state index in [0.717, 1.165) is 25.1 Å². The van der Waals surface area contributed by atoms with Gasteiger partial charge in [0.25, 0.3) is 0 Å². The van der Waals surface area contributed by atoms with Crippen LogP contribution in [0.4, 0.5) is 0 Å². The minimum atomic E-state index is -3.87. The maximum Gasteiger partial charge on any atom is 0.378 e. The Morgan fingerprint density at radius 1 is 1.12 bits per heavy atom. The Balaban J connectivity index is 3.30. The zero-order chi connectivity index (χ0) is 12.3. The van der Waals surface area contributed by atoms with E-state index in [9.17, 15) is 4.57 Å². The van der Waals surface area contributed by atoms with E-state index >= 15 is 0 Å². The van der Waals surface area contributed by atoms with Crippen molar-refractivity contribution in [2.24, 2.45) is 0 Å². The second-order valence-corrected chi connectivity index (χ2v) is 5.53. The van der Waals surface area contributed by atoms with Crippen LogP contribution in [0.2, 0.25) is 0 Å². The summed E-state index contributed by atoms with van der Waals surface area (Å²) in [5, 5.41) is 8.05. The molecule has 1 unspecified atom stereocenters. The van der Waals surface area contributed by atoms with Gasteiger partial charge < -0.3 is 4.89 Å². The second kappa shape index (κ2) is 10.0. The fourth-order valence-corrected chi connectivity index (χ4v) is 1.92. The maximum absolute atomic E-state index is 10.8. The van der Waals surface area contributed by atoms with Gasteiger partial charge in [-0.2, -0.15) is 0 Å². The summed E-state index contributed by atoms with van der Waals surface area (Å²) in [6.07, 6.45) is 10.9. The molecule has 0 radical (unpaired) electrons. The first-order valence-electron chi connectivity index (χ1n) is 5.95. The molecule has 0 aromatic heterocycles. The fraction of sp³-hybridized carbons (Fsp3) is 0.818. The van der Waals surface area contributed by atoms with Gasteiger partial charge in [0.1, 0.15) is 0 Å². The van der Waals surface area contributed by atoms with E-state index in [-0.39, 0.29) is 0 Å². The van der Waals surface area contributed by atoms with Gasteiger partial charge in [-0.15, -0.1) is 4.67 Å². The molecule has 0 spiro atoms. The number of hydrogen-bond acceptors (Lipinski definition) is 3. The number of unbranched alkanes of at least 4 members (excludes halogenated alkanes) is 7. The first-order chi connectivity index (χ1) is 7.62. The Morgan fingerprint density at radius 3 is 2.25 bits per heavy atom. The Labute approximate surface area is 97.8 Å². The van der Waals surface area contributed by atoms with Crippen molar-refractivity contribution in [3.63, 3.8) is 0 Å². The van der Waals surface area contributed by atoms with E-state index in [4.69, 9.17) is 10.2 Å². The van der Waals surface area contributed by atoms with Crippen LogP contribution in [-0.4, -0.2) is 10.2 Å². The predicted molar refractivity (Wildman–Crippen MR) is 65.3 cm³/mol. The molecule has 96 valence electrons. The highest BCUT2D eigenvalue weighted by molar-refractivity contribution is 7.56. The van der Waals surface area contributed by atoms with Crippen LogP contribution in [0.15, 0.2) is 11.9 Å². The lowest BCUT2D eigenvalue weighted by molar-refractivity contribution is -0.143. The molecule has 1 atom stereocenters. The summed E-state index contributed by atoms with van der Waals surface area (Å²) < 4.78 is 14.2. The highest BCUT2D eigenvalue weighted by Crippen LogP contribution is 2.42. The normalized spacial score (nSPS) is 15.4. The lowest BCUT2D eigenvalue weighted by Crippen LogP contribution is -1.80. The zero-order valence-corrected chi connectivity index (χ0v) is 10.9. The number of rotatable bonds is 10. The SMILES string of the molecule is CCCCCCCCCC=CP(=O)(O)OO. The Kier molecular flexibility index (Phi) is 9.94. The van der Waals surface area contributed by atoms with Gasteiger partial charge in [-0.1, -0.05) is 51.5 Å². The summed E-state index contributed by atoms with van der Waals surface area (Å²) in [5.41, 5.74) is 0. The molecule has 0 bridgehead atoms. The van der Waals surface area contributed by atoms with Gasteiger partial charge in [0, 0.05) is 5.82 Å². The predicted octanol–water partition coefficient (Wildman–Crippen LogP) is 4.32. The van der Waals surface area contributed by atoms with Crippen LogP contribution in [0.5, 0.6) is 0 Å². The number of allylic oxidation sites excluding steroid dienone is 1.